The Balaban J connectivity index is 1.34. The average molecular weight is 491 g/mol. The van der Waals surface area contributed by atoms with Crippen LogP contribution in [0.15, 0.2) is 72.1 Å². The van der Waals surface area contributed by atoms with E-state index in [9.17, 15) is 9.59 Å². The molecular formula is C28H30N2O4S. The van der Waals surface area contributed by atoms with Crippen molar-refractivity contribution in [1.29, 1.82) is 0 Å². The van der Waals surface area contributed by atoms with Gasteiger partial charge in [0.05, 0.1) is 12.1 Å². The first-order valence-electron chi connectivity index (χ1n) is 12.2. The van der Waals surface area contributed by atoms with E-state index in [1.54, 1.807) is 28.4 Å². The number of thiophene rings is 1. The minimum atomic E-state index is -0.186. The molecule has 6 nitrogen and oxygen atoms in total. The zero-order valence-corrected chi connectivity index (χ0v) is 20.5. The lowest BCUT2D eigenvalue weighted by atomic mass is 10.00. The smallest absolute Gasteiger partial charge is 0.254 e. The Hall–Kier alpha value is -3.16. The Kier molecular flexibility index (Phi) is 7.45. The van der Waals surface area contributed by atoms with Crippen LogP contribution in [0.25, 0.3) is 0 Å². The number of benzene rings is 2. The third-order valence-corrected chi connectivity index (χ3v) is 7.64. The van der Waals surface area contributed by atoms with Crippen molar-refractivity contribution in [1.82, 2.24) is 9.80 Å². The summed E-state index contributed by atoms with van der Waals surface area (Å²) in [5.74, 6) is 0.576. The number of hydrogen-bond donors (Lipinski definition) is 0. The summed E-state index contributed by atoms with van der Waals surface area (Å²) in [7, 11) is 0. The maximum absolute atomic E-state index is 13.7. The summed E-state index contributed by atoms with van der Waals surface area (Å²) >= 11 is 1.73. The van der Waals surface area contributed by atoms with E-state index in [1.165, 1.54) is 4.88 Å². The van der Waals surface area contributed by atoms with Crippen molar-refractivity contribution in [3.05, 3.63) is 88.1 Å². The van der Waals surface area contributed by atoms with Crippen molar-refractivity contribution in [2.45, 2.75) is 31.4 Å². The number of amides is 2. The highest BCUT2D eigenvalue weighted by Crippen LogP contribution is 2.34. The van der Waals surface area contributed by atoms with Gasteiger partial charge in [0.2, 0.25) is 5.91 Å². The molecule has 1 fully saturated rings. The van der Waals surface area contributed by atoms with Gasteiger partial charge in [-0.3, -0.25) is 9.59 Å². The lowest BCUT2D eigenvalue weighted by molar-refractivity contribution is -0.135. The van der Waals surface area contributed by atoms with Crippen molar-refractivity contribution in [2.75, 3.05) is 32.8 Å². The molecule has 35 heavy (non-hydrogen) atoms. The van der Waals surface area contributed by atoms with Crippen molar-refractivity contribution in [3.8, 4) is 5.75 Å². The van der Waals surface area contributed by atoms with Gasteiger partial charge in [0.15, 0.2) is 0 Å². The Morgan fingerprint density at radius 3 is 2.57 bits per heavy atom. The molecule has 1 saturated heterocycles. The van der Waals surface area contributed by atoms with Gasteiger partial charge < -0.3 is 19.3 Å². The van der Waals surface area contributed by atoms with E-state index in [1.807, 2.05) is 53.4 Å². The minimum Gasteiger partial charge on any atom is -0.491 e. The standard InChI is InChI=1S/C28H30N2O4S/c31-27(19-29(18-23-12-7-16-33-23)28(32)21-8-3-1-4-9-21)30-15-13-26-24(14-17-35-26)25(30)20-34-22-10-5-2-6-11-22/h1-6,8-11,14,17,23,25H,7,12-13,15-16,18-20H2/t23-,25+/m1/s1. The fourth-order valence-electron chi connectivity index (χ4n) is 4.84. The van der Waals surface area contributed by atoms with Crippen LogP contribution in [0.1, 0.15) is 39.7 Å². The highest BCUT2D eigenvalue weighted by Gasteiger charge is 2.34. The minimum absolute atomic E-state index is 0.0227. The monoisotopic (exact) mass is 490 g/mol. The SMILES string of the molecule is O=C(c1ccccc1)N(CC(=O)N1CCc2sccc2[C@@H]1COc1ccccc1)C[C@H]1CCCO1. The Bertz CT molecular complexity index is 1130. The van der Waals surface area contributed by atoms with E-state index < -0.39 is 0 Å². The molecule has 2 aliphatic rings. The molecule has 0 saturated carbocycles. The number of fused-ring (bicyclic) bond motifs is 1. The number of para-hydroxylation sites is 1. The zero-order valence-electron chi connectivity index (χ0n) is 19.7. The second-order valence-electron chi connectivity index (χ2n) is 8.96. The molecule has 3 heterocycles. The van der Waals surface area contributed by atoms with Crippen molar-refractivity contribution >= 4 is 23.2 Å². The van der Waals surface area contributed by atoms with Crippen LogP contribution in [-0.4, -0.2) is 60.6 Å². The molecule has 3 aromatic rings. The molecule has 5 rings (SSSR count). The molecule has 0 radical (unpaired) electrons. The second kappa shape index (κ2) is 11.1. The number of carbonyl (C=O) groups excluding carboxylic acids is 2. The van der Waals surface area contributed by atoms with Crippen LogP contribution in [0.2, 0.25) is 0 Å². The van der Waals surface area contributed by atoms with E-state index >= 15 is 0 Å². The van der Waals surface area contributed by atoms with E-state index in [4.69, 9.17) is 9.47 Å². The summed E-state index contributed by atoms with van der Waals surface area (Å²) in [4.78, 5) is 31.9. The van der Waals surface area contributed by atoms with E-state index in [0.717, 1.165) is 30.6 Å². The first-order valence-corrected chi connectivity index (χ1v) is 13.1. The first-order chi connectivity index (χ1) is 17.2. The highest BCUT2D eigenvalue weighted by atomic mass is 32.1. The van der Waals surface area contributed by atoms with Gasteiger partial charge >= 0.3 is 0 Å². The molecule has 1 aromatic heterocycles. The van der Waals surface area contributed by atoms with Crippen LogP contribution in [0.3, 0.4) is 0 Å². The lowest BCUT2D eigenvalue weighted by Gasteiger charge is -2.37. The van der Waals surface area contributed by atoms with Crippen LogP contribution < -0.4 is 4.74 Å². The van der Waals surface area contributed by atoms with E-state index in [-0.39, 0.29) is 30.5 Å². The Morgan fingerprint density at radius 2 is 1.83 bits per heavy atom. The summed E-state index contributed by atoms with van der Waals surface area (Å²) in [5, 5.41) is 2.08. The fraction of sp³-hybridized carbons (Fsp3) is 0.357. The largest absolute Gasteiger partial charge is 0.491 e. The fourth-order valence-corrected chi connectivity index (χ4v) is 5.77. The van der Waals surface area contributed by atoms with Gasteiger partial charge in [-0.25, -0.2) is 0 Å². The third-order valence-electron chi connectivity index (χ3n) is 6.65. The van der Waals surface area contributed by atoms with Gasteiger partial charge in [-0.1, -0.05) is 36.4 Å². The van der Waals surface area contributed by atoms with Gasteiger partial charge in [0, 0.05) is 30.1 Å². The van der Waals surface area contributed by atoms with Crippen LogP contribution in [0, 0.1) is 0 Å². The van der Waals surface area contributed by atoms with Crippen molar-refractivity contribution in [3.63, 3.8) is 0 Å². The Morgan fingerprint density at radius 1 is 1.06 bits per heavy atom. The summed E-state index contributed by atoms with van der Waals surface area (Å²) in [6, 6.07) is 20.7. The summed E-state index contributed by atoms with van der Waals surface area (Å²) < 4.78 is 11.9. The molecule has 0 N–H and O–H groups in total. The second-order valence-corrected chi connectivity index (χ2v) is 9.96. The summed E-state index contributed by atoms with van der Waals surface area (Å²) in [6.45, 7) is 2.13. The van der Waals surface area contributed by atoms with Gasteiger partial charge in [-0.2, -0.15) is 0 Å². The first kappa shape index (κ1) is 23.6. The van der Waals surface area contributed by atoms with Crippen LogP contribution >= 0.6 is 11.3 Å². The highest BCUT2D eigenvalue weighted by molar-refractivity contribution is 7.10. The van der Waals surface area contributed by atoms with Gasteiger partial charge in [-0.15, -0.1) is 11.3 Å². The number of rotatable bonds is 8. The van der Waals surface area contributed by atoms with Crippen molar-refractivity contribution in [2.24, 2.45) is 0 Å². The molecular weight excluding hydrogens is 460 g/mol. The van der Waals surface area contributed by atoms with Gasteiger partial charge in [-0.05, 0) is 60.5 Å². The van der Waals surface area contributed by atoms with Crippen LogP contribution in [0.5, 0.6) is 5.75 Å². The number of ether oxygens (including phenoxy) is 2. The Labute approximate surface area is 210 Å². The van der Waals surface area contributed by atoms with Gasteiger partial charge in [0.1, 0.15) is 18.9 Å². The lowest BCUT2D eigenvalue weighted by Crippen LogP contribution is -2.49. The zero-order chi connectivity index (χ0) is 24.0. The normalized spacial score (nSPS) is 19.3. The number of nitrogens with zero attached hydrogens (tertiary/aromatic N) is 2. The quantitative estimate of drug-likeness (QED) is 0.464. The molecule has 2 atom stereocenters. The molecule has 0 aliphatic carbocycles. The third kappa shape index (κ3) is 5.57. The molecule has 0 unspecified atom stereocenters. The molecule has 7 heteroatoms. The average Bonchev–Trinajstić information content (AvgIpc) is 3.60. The number of hydrogen-bond acceptors (Lipinski definition) is 5. The van der Waals surface area contributed by atoms with E-state index in [2.05, 4.69) is 11.4 Å². The molecule has 2 aromatic carbocycles. The summed E-state index contributed by atoms with van der Waals surface area (Å²) in [6.07, 6.45) is 2.68. The predicted octanol–water partition coefficient (Wildman–Crippen LogP) is 4.57. The maximum atomic E-state index is 13.7. The summed E-state index contributed by atoms with van der Waals surface area (Å²) in [5.41, 5.74) is 1.73. The predicted molar refractivity (Wildman–Crippen MR) is 136 cm³/mol. The number of carbonyl (C=O) groups is 2. The van der Waals surface area contributed by atoms with Crippen LogP contribution in [-0.2, 0) is 16.0 Å². The van der Waals surface area contributed by atoms with Crippen molar-refractivity contribution < 1.29 is 19.1 Å². The molecule has 2 amide bonds. The van der Waals surface area contributed by atoms with Gasteiger partial charge in [0.25, 0.3) is 5.91 Å². The molecule has 0 bridgehead atoms. The maximum Gasteiger partial charge on any atom is 0.254 e. The topological polar surface area (TPSA) is 59.1 Å². The molecule has 182 valence electrons. The van der Waals surface area contributed by atoms with Crippen LogP contribution in [0.4, 0.5) is 0 Å². The van der Waals surface area contributed by atoms with E-state index in [0.29, 0.717) is 31.9 Å². The molecule has 2 aliphatic heterocycles. The molecule has 0 spiro atoms.